The molecule has 2 saturated heterocycles. The van der Waals surface area contributed by atoms with Gasteiger partial charge in [0.15, 0.2) is 0 Å². The summed E-state index contributed by atoms with van der Waals surface area (Å²) >= 11 is 0. The maximum Gasteiger partial charge on any atom is 0.453 e. The van der Waals surface area contributed by atoms with Crippen LogP contribution < -0.4 is 4.90 Å². The van der Waals surface area contributed by atoms with Crippen molar-refractivity contribution in [3.05, 3.63) is 17.6 Å². The van der Waals surface area contributed by atoms with Gasteiger partial charge in [0, 0.05) is 31.5 Å². The molecule has 4 rings (SSSR count). The van der Waals surface area contributed by atoms with Gasteiger partial charge in [0.25, 0.3) is 11.6 Å². The molecule has 2 aromatic rings. The fourth-order valence-electron chi connectivity index (χ4n) is 3.79. The summed E-state index contributed by atoms with van der Waals surface area (Å²) in [6.07, 6.45) is -0.0752. The van der Waals surface area contributed by atoms with Crippen molar-refractivity contribution in [3.63, 3.8) is 0 Å². The number of piperidine rings is 1. The zero-order chi connectivity index (χ0) is 17.6. The monoisotopic (exact) mass is 355 g/mol. The summed E-state index contributed by atoms with van der Waals surface area (Å²) in [7, 11) is 0. The van der Waals surface area contributed by atoms with Crippen molar-refractivity contribution in [2.24, 2.45) is 5.92 Å². The number of alkyl halides is 3. The van der Waals surface area contributed by atoms with Gasteiger partial charge in [-0.05, 0) is 38.5 Å². The number of fused-ring (bicyclic) bond motifs is 1. The number of rotatable bonds is 2. The van der Waals surface area contributed by atoms with E-state index in [4.69, 9.17) is 4.74 Å². The van der Waals surface area contributed by atoms with Crippen molar-refractivity contribution in [1.82, 2.24) is 19.6 Å². The van der Waals surface area contributed by atoms with Crippen LogP contribution in [0.3, 0.4) is 0 Å². The molecule has 0 aromatic carbocycles. The molecule has 2 aliphatic rings. The number of hydrogen-bond donors (Lipinski definition) is 0. The summed E-state index contributed by atoms with van der Waals surface area (Å²) in [5, 5.41) is 3.65. The number of ether oxygens (including phenoxy) is 1. The lowest BCUT2D eigenvalue weighted by Gasteiger charge is -2.35. The molecule has 4 heterocycles. The van der Waals surface area contributed by atoms with E-state index in [-0.39, 0.29) is 5.78 Å². The van der Waals surface area contributed by atoms with Gasteiger partial charge in [0.2, 0.25) is 0 Å². The van der Waals surface area contributed by atoms with Gasteiger partial charge in [-0.1, -0.05) is 0 Å². The molecule has 1 unspecified atom stereocenters. The molecular formula is C16H20F3N5O. The number of halogens is 3. The van der Waals surface area contributed by atoms with Crippen LogP contribution in [-0.4, -0.2) is 45.4 Å². The molecule has 2 fully saturated rings. The number of hydrogen-bond acceptors (Lipinski definition) is 5. The van der Waals surface area contributed by atoms with E-state index in [2.05, 4.69) is 20.0 Å². The molecule has 0 aliphatic carbocycles. The highest BCUT2D eigenvalue weighted by Crippen LogP contribution is 2.32. The Morgan fingerprint density at radius 2 is 1.92 bits per heavy atom. The van der Waals surface area contributed by atoms with Crippen LogP contribution >= 0.6 is 0 Å². The van der Waals surface area contributed by atoms with Crippen molar-refractivity contribution in [3.8, 4) is 0 Å². The third kappa shape index (κ3) is 3.17. The Kier molecular flexibility index (Phi) is 4.05. The molecule has 136 valence electrons. The maximum absolute atomic E-state index is 12.9. The molecule has 25 heavy (non-hydrogen) atoms. The Morgan fingerprint density at radius 3 is 2.56 bits per heavy atom. The molecular weight excluding hydrogens is 335 g/mol. The third-order valence-electron chi connectivity index (χ3n) is 5.03. The lowest BCUT2D eigenvalue weighted by molar-refractivity contribution is -0.144. The first kappa shape index (κ1) is 16.6. The molecule has 0 amide bonds. The third-order valence-corrected chi connectivity index (χ3v) is 5.03. The van der Waals surface area contributed by atoms with Crippen LogP contribution in [0.1, 0.15) is 37.2 Å². The highest BCUT2D eigenvalue weighted by molar-refractivity contribution is 5.48. The lowest BCUT2D eigenvalue weighted by atomic mass is 9.90. The quantitative estimate of drug-likeness (QED) is 0.829. The van der Waals surface area contributed by atoms with Crippen LogP contribution in [0.2, 0.25) is 0 Å². The van der Waals surface area contributed by atoms with Crippen molar-refractivity contribution in [2.75, 3.05) is 24.6 Å². The van der Waals surface area contributed by atoms with E-state index in [0.717, 1.165) is 45.4 Å². The Labute approximate surface area is 143 Å². The zero-order valence-electron chi connectivity index (χ0n) is 14.0. The number of nitrogens with zero attached hydrogens (tertiary/aromatic N) is 5. The summed E-state index contributed by atoms with van der Waals surface area (Å²) in [4.78, 5) is 9.70. The highest BCUT2D eigenvalue weighted by Gasteiger charge is 2.37. The molecule has 0 bridgehead atoms. The van der Waals surface area contributed by atoms with E-state index >= 15 is 0 Å². The first-order valence-corrected chi connectivity index (χ1v) is 8.60. The van der Waals surface area contributed by atoms with Crippen molar-refractivity contribution in [2.45, 2.75) is 44.9 Å². The van der Waals surface area contributed by atoms with E-state index in [1.54, 1.807) is 13.0 Å². The average molecular weight is 355 g/mol. The van der Waals surface area contributed by atoms with Gasteiger partial charge in [0.1, 0.15) is 5.82 Å². The Balaban J connectivity index is 1.59. The molecule has 0 N–H and O–H groups in total. The standard InChI is InChI=1S/C16H20F3N5O/c1-10-9-13(24-15(20-10)21-14(22-24)16(17,18)19)23-6-4-11(5-7-23)12-3-2-8-25-12/h9,11-12H,2-8H2,1H3. The van der Waals surface area contributed by atoms with Gasteiger partial charge >= 0.3 is 6.18 Å². The van der Waals surface area contributed by atoms with Crippen LogP contribution in [0.25, 0.3) is 5.78 Å². The minimum Gasteiger partial charge on any atom is -0.378 e. The van der Waals surface area contributed by atoms with Gasteiger partial charge in [-0.15, -0.1) is 5.10 Å². The molecule has 2 aromatic heterocycles. The van der Waals surface area contributed by atoms with Gasteiger partial charge in [-0.25, -0.2) is 4.98 Å². The van der Waals surface area contributed by atoms with Crippen LogP contribution in [0, 0.1) is 12.8 Å². The highest BCUT2D eigenvalue weighted by atomic mass is 19.4. The van der Waals surface area contributed by atoms with Crippen molar-refractivity contribution < 1.29 is 17.9 Å². The normalized spacial score (nSPS) is 22.9. The second kappa shape index (κ2) is 6.12. The summed E-state index contributed by atoms with van der Waals surface area (Å²) in [5.74, 6) is -0.0142. The van der Waals surface area contributed by atoms with E-state index in [1.165, 1.54) is 4.52 Å². The first-order valence-electron chi connectivity index (χ1n) is 8.60. The number of anilines is 1. The topological polar surface area (TPSA) is 55.6 Å². The molecule has 1 atom stereocenters. The van der Waals surface area contributed by atoms with Crippen molar-refractivity contribution >= 4 is 11.6 Å². The van der Waals surface area contributed by atoms with E-state index in [9.17, 15) is 13.2 Å². The van der Waals surface area contributed by atoms with Gasteiger partial charge < -0.3 is 9.64 Å². The van der Waals surface area contributed by atoms with Crippen molar-refractivity contribution in [1.29, 1.82) is 0 Å². The maximum atomic E-state index is 12.9. The minimum absolute atomic E-state index is 0.0106. The molecule has 0 radical (unpaired) electrons. The Hall–Kier alpha value is -1.90. The van der Waals surface area contributed by atoms with Crippen LogP contribution in [-0.2, 0) is 10.9 Å². The molecule has 9 heteroatoms. The molecule has 0 saturated carbocycles. The predicted octanol–water partition coefficient (Wildman–Crippen LogP) is 2.85. The van der Waals surface area contributed by atoms with Crippen LogP contribution in [0.15, 0.2) is 6.07 Å². The van der Waals surface area contributed by atoms with Gasteiger partial charge in [-0.2, -0.15) is 22.7 Å². The minimum atomic E-state index is -4.58. The number of aryl methyl sites for hydroxylation is 1. The fourth-order valence-corrected chi connectivity index (χ4v) is 3.79. The molecule has 2 aliphatic heterocycles. The second-order valence-electron chi connectivity index (χ2n) is 6.78. The van der Waals surface area contributed by atoms with E-state index < -0.39 is 12.0 Å². The smallest absolute Gasteiger partial charge is 0.378 e. The largest absolute Gasteiger partial charge is 0.453 e. The summed E-state index contributed by atoms with van der Waals surface area (Å²) < 4.78 is 45.8. The predicted molar refractivity (Wildman–Crippen MR) is 84.4 cm³/mol. The van der Waals surface area contributed by atoms with Gasteiger partial charge in [0.05, 0.1) is 6.10 Å². The van der Waals surface area contributed by atoms with E-state index in [0.29, 0.717) is 23.5 Å². The molecule has 6 nitrogen and oxygen atoms in total. The summed E-state index contributed by atoms with van der Waals surface area (Å²) in [6, 6.07) is 1.77. The van der Waals surface area contributed by atoms with Crippen LogP contribution in [0.5, 0.6) is 0 Å². The van der Waals surface area contributed by atoms with Crippen LogP contribution in [0.4, 0.5) is 19.0 Å². The SMILES string of the molecule is Cc1cc(N2CCC(C3CCCO3)CC2)n2nc(C(F)(F)F)nc2n1. The first-order chi connectivity index (χ1) is 11.9. The summed E-state index contributed by atoms with van der Waals surface area (Å²) in [5.41, 5.74) is 0.630. The summed E-state index contributed by atoms with van der Waals surface area (Å²) in [6.45, 7) is 4.13. The molecule has 0 spiro atoms. The fraction of sp³-hybridized carbons (Fsp3) is 0.688. The average Bonchev–Trinajstić information content (AvgIpc) is 3.23. The second-order valence-corrected chi connectivity index (χ2v) is 6.78. The van der Waals surface area contributed by atoms with Gasteiger partial charge in [-0.3, -0.25) is 0 Å². The Morgan fingerprint density at radius 1 is 1.16 bits per heavy atom. The zero-order valence-corrected chi connectivity index (χ0v) is 14.0. The lowest BCUT2D eigenvalue weighted by Crippen LogP contribution is -2.38. The Bertz CT molecular complexity index is 761. The van der Waals surface area contributed by atoms with E-state index in [1.807, 2.05) is 0 Å². The number of aromatic nitrogens is 4.